The summed E-state index contributed by atoms with van der Waals surface area (Å²) in [5.74, 6) is -0.207. The highest BCUT2D eigenvalue weighted by molar-refractivity contribution is 5.96. The molecule has 0 atom stereocenters. The van der Waals surface area contributed by atoms with Crippen LogP contribution in [0.2, 0.25) is 0 Å². The molecule has 114 valence electrons. The van der Waals surface area contributed by atoms with E-state index in [0.29, 0.717) is 24.3 Å². The van der Waals surface area contributed by atoms with Crippen molar-refractivity contribution in [3.05, 3.63) is 33.9 Å². The van der Waals surface area contributed by atoms with E-state index >= 15 is 0 Å². The third-order valence-electron chi connectivity index (χ3n) is 3.45. The lowest BCUT2D eigenvalue weighted by Gasteiger charge is -2.22. The molecule has 0 saturated carbocycles. The molecule has 0 unspecified atom stereocenters. The van der Waals surface area contributed by atoms with Crippen LogP contribution in [0.5, 0.6) is 0 Å². The van der Waals surface area contributed by atoms with Gasteiger partial charge in [0.2, 0.25) is 0 Å². The van der Waals surface area contributed by atoms with Gasteiger partial charge in [0.25, 0.3) is 11.6 Å². The standard InChI is InChI=1S/C14H20N4O3/c1-2-16-14(19)11-4-5-12(18(20)21)13(10-11)17-8-3-6-15-7-9-17/h4-5,10,15H,2-3,6-9H2,1H3,(H,16,19). The van der Waals surface area contributed by atoms with Crippen LogP contribution in [0, 0.1) is 10.1 Å². The second-order valence-electron chi connectivity index (χ2n) is 4.91. The smallest absolute Gasteiger partial charge is 0.292 e. The van der Waals surface area contributed by atoms with E-state index in [9.17, 15) is 14.9 Å². The van der Waals surface area contributed by atoms with Gasteiger partial charge >= 0.3 is 0 Å². The van der Waals surface area contributed by atoms with E-state index in [1.54, 1.807) is 6.07 Å². The number of hydrogen-bond donors (Lipinski definition) is 2. The van der Waals surface area contributed by atoms with Gasteiger partial charge in [0, 0.05) is 37.8 Å². The zero-order valence-electron chi connectivity index (χ0n) is 12.1. The summed E-state index contributed by atoms with van der Waals surface area (Å²) in [4.78, 5) is 24.7. The molecule has 0 aliphatic carbocycles. The number of nitro groups is 1. The molecule has 0 radical (unpaired) electrons. The summed E-state index contributed by atoms with van der Waals surface area (Å²) in [5.41, 5.74) is 1.02. The van der Waals surface area contributed by atoms with Crippen molar-refractivity contribution in [2.75, 3.05) is 37.6 Å². The zero-order chi connectivity index (χ0) is 15.2. The van der Waals surface area contributed by atoms with Crippen LogP contribution in [0.4, 0.5) is 11.4 Å². The Balaban J connectivity index is 2.36. The summed E-state index contributed by atoms with van der Waals surface area (Å²) in [7, 11) is 0. The number of nitrogens with zero attached hydrogens (tertiary/aromatic N) is 2. The van der Waals surface area contributed by atoms with E-state index in [1.807, 2.05) is 11.8 Å². The van der Waals surface area contributed by atoms with Crippen LogP contribution in [0.25, 0.3) is 0 Å². The van der Waals surface area contributed by atoms with Gasteiger partial charge in [-0.25, -0.2) is 0 Å². The van der Waals surface area contributed by atoms with Gasteiger partial charge in [-0.15, -0.1) is 0 Å². The van der Waals surface area contributed by atoms with Crippen molar-refractivity contribution < 1.29 is 9.72 Å². The van der Waals surface area contributed by atoms with Crippen molar-refractivity contribution in [1.29, 1.82) is 0 Å². The third-order valence-corrected chi connectivity index (χ3v) is 3.45. The second-order valence-corrected chi connectivity index (χ2v) is 4.91. The van der Waals surface area contributed by atoms with E-state index < -0.39 is 4.92 Å². The Hall–Kier alpha value is -2.15. The average Bonchev–Trinajstić information content (AvgIpc) is 2.75. The van der Waals surface area contributed by atoms with E-state index in [4.69, 9.17) is 0 Å². The normalized spacial score (nSPS) is 15.4. The predicted molar refractivity (Wildman–Crippen MR) is 80.8 cm³/mol. The number of hydrogen-bond acceptors (Lipinski definition) is 5. The molecule has 7 nitrogen and oxygen atoms in total. The number of benzene rings is 1. The first-order valence-electron chi connectivity index (χ1n) is 7.15. The highest BCUT2D eigenvalue weighted by Crippen LogP contribution is 2.29. The number of nitro benzene ring substituents is 1. The molecule has 1 aromatic rings. The minimum atomic E-state index is -0.394. The highest BCUT2D eigenvalue weighted by Gasteiger charge is 2.22. The third kappa shape index (κ3) is 3.69. The van der Waals surface area contributed by atoms with Crippen LogP contribution in [0.3, 0.4) is 0 Å². The molecular formula is C14H20N4O3. The van der Waals surface area contributed by atoms with Crippen LogP contribution < -0.4 is 15.5 Å². The van der Waals surface area contributed by atoms with E-state index in [-0.39, 0.29) is 11.6 Å². The average molecular weight is 292 g/mol. The van der Waals surface area contributed by atoms with Crippen LogP contribution in [0.1, 0.15) is 23.7 Å². The largest absolute Gasteiger partial charge is 0.365 e. The van der Waals surface area contributed by atoms with Crippen LogP contribution >= 0.6 is 0 Å². The maximum atomic E-state index is 11.9. The SMILES string of the molecule is CCNC(=O)c1ccc([N+](=O)[O-])c(N2CCCNCC2)c1. The molecule has 21 heavy (non-hydrogen) atoms. The van der Waals surface area contributed by atoms with Gasteiger partial charge in [-0.1, -0.05) is 0 Å². The van der Waals surface area contributed by atoms with E-state index in [0.717, 1.165) is 26.1 Å². The van der Waals surface area contributed by atoms with Crippen molar-refractivity contribution in [2.45, 2.75) is 13.3 Å². The number of anilines is 1. The number of amides is 1. The van der Waals surface area contributed by atoms with Gasteiger partial charge in [-0.3, -0.25) is 14.9 Å². The van der Waals surface area contributed by atoms with Gasteiger partial charge < -0.3 is 15.5 Å². The molecule has 1 amide bonds. The molecule has 0 bridgehead atoms. The molecule has 1 aliphatic heterocycles. The molecule has 7 heteroatoms. The summed E-state index contributed by atoms with van der Waals surface area (Å²) >= 11 is 0. The molecule has 1 aliphatic rings. The summed E-state index contributed by atoms with van der Waals surface area (Å²) in [5, 5.41) is 17.2. The quantitative estimate of drug-likeness (QED) is 0.642. The van der Waals surface area contributed by atoms with E-state index in [2.05, 4.69) is 10.6 Å². The van der Waals surface area contributed by atoms with Crippen molar-refractivity contribution in [2.24, 2.45) is 0 Å². The van der Waals surface area contributed by atoms with Gasteiger partial charge in [-0.2, -0.15) is 0 Å². The monoisotopic (exact) mass is 292 g/mol. The van der Waals surface area contributed by atoms with Gasteiger partial charge in [0.05, 0.1) is 4.92 Å². The fourth-order valence-corrected chi connectivity index (χ4v) is 2.42. The molecule has 0 spiro atoms. The van der Waals surface area contributed by atoms with Crippen molar-refractivity contribution >= 4 is 17.3 Å². The highest BCUT2D eigenvalue weighted by atomic mass is 16.6. The van der Waals surface area contributed by atoms with Crippen LogP contribution in [-0.4, -0.2) is 43.6 Å². The Bertz CT molecular complexity index is 525. The first-order chi connectivity index (χ1) is 10.1. The van der Waals surface area contributed by atoms with Gasteiger partial charge in [0.1, 0.15) is 5.69 Å². The molecule has 1 heterocycles. The van der Waals surface area contributed by atoms with Crippen molar-refractivity contribution in [3.63, 3.8) is 0 Å². The number of carbonyl (C=O) groups excluding carboxylic acids is 1. The lowest BCUT2D eigenvalue weighted by Crippen LogP contribution is -2.29. The Labute approximate surface area is 123 Å². The summed E-state index contributed by atoms with van der Waals surface area (Å²) in [6, 6.07) is 4.54. The first kappa shape index (κ1) is 15.2. The van der Waals surface area contributed by atoms with Crippen LogP contribution in [-0.2, 0) is 0 Å². The molecule has 1 aromatic carbocycles. The fraction of sp³-hybridized carbons (Fsp3) is 0.500. The second kappa shape index (κ2) is 7.03. The van der Waals surface area contributed by atoms with Crippen molar-refractivity contribution in [1.82, 2.24) is 10.6 Å². The minimum absolute atomic E-state index is 0.0462. The zero-order valence-corrected chi connectivity index (χ0v) is 12.1. The Morgan fingerprint density at radius 2 is 2.24 bits per heavy atom. The Morgan fingerprint density at radius 3 is 2.95 bits per heavy atom. The molecule has 0 aromatic heterocycles. The molecule has 2 N–H and O–H groups in total. The topological polar surface area (TPSA) is 87.5 Å². The maximum absolute atomic E-state index is 11.9. The van der Waals surface area contributed by atoms with E-state index in [1.165, 1.54) is 12.1 Å². The summed E-state index contributed by atoms with van der Waals surface area (Å²) in [6.07, 6.45) is 0.919. The summed E-state index contributed by atoms with van der Waals surface area (Å²) < 4.78 is 0. The lowest BCUT2D eigenvalue weighted by molar-refractivity contribution is -0.384. The molecule has 1 fully saturated rings. The number of nitrogens with one attached hydrogen (secondary N) is 2. The van der Waals surface area contributed by atoms with Gasteiger partial charge in [0.15, 0.2) is 0 Å². The maximum Gasteiger partial charge on any atom is 0.292 e. The van der Waals surface area contributed by atoms with Gasteiger partial charge in [-0.05, 0) is 32.0 Å². The minimum Gasteiger partial charge on any atom is -0.365 e. The predicted octanol–water partition coefficient (Wildman–Crippen LogP) is 1.14. The first-order valence-corrected chi connectivity index (χ1v) is 7.15. The molecule has 1 saturated heterocycles. The Morgan fingerprint density at radius 1 is 1.43 bits per heavy atom. The molecule has 2 rings (SSSR count). The van der Waals surface area contributed by atoms with Crippen molar-refractivity contribution in [3.8, 4) is 0 Å². The molecular weight excluding hydrogens is 272 g/mol. The lowest BCUT2D eigenvalue weighted by atomic mass is 10.1. The number of carbonyl (C=O) groups is 1. The number of rotatable bonds is 4. The summed E-state index contributed by atoms with van der Waals surface area (Å²) in [6.45, 7) is 5.48. The Kier molecular flexibility index (Phi) is 5.10. The fourth-order valence-electron chi connectivity index (χ4n) is 2.42. The van der Waals surface area contributed by atoms with Crippen LogP contribution in [0.15, 0.2) is 18.2 Å².